The summed E-state index contributed by atoms with van der Waals surface area (Å²) < 4.78 is 0. The Morgan fingerprint density at radius 2 is 1.54 bits per heavy atom. The molecule has 1 aliphatic heterocycles. The van der Waals surface area contributed by atoms with E-state index in [1.54, 1.807) is 0 Å². The molecular weight excluding hydrogens is 446 g/mol. The van der Waals surface area contributed by atoms with Crippen LogP contribution >= 0.6 is 0 Å². The Balaban J connectivity index is 1.37. The van der Waals surface area contributed by atoms with E-state index in [0.29, 0.717) is 12.0 Å². The number of hydrogen-bond donors (Lipinski definition) is 0. The van der Waals surface area contributed by atoms with Gasteiger partial charge in [-0.15, -0.1) is 0 Å². The normalized spacial score (nSPS) is 18.7. The second-order valence-corrected chi connectivity index (χ2v) is 10.6. The zero-order chi connectivity index (χ0) is 24.8. The minimum atomic E-state index is 0.573. The average molecular weight is 478 g/mol. The lowest BCUT2D eigenvalue weighted by Gasteiger charge is -2.27. The van der Waals surface area contributed by atoms with E-state index in [-0.39, 0.29) is 0 Å². The predicted molar refractivity (Wildman–Crippen MR) is 158 cm³/mol. The van der Waals surface area contributed by atoms with E-state index in [4.69, 9.17) is 0 Å². The Bertz CT molecular complexity index is 1610. The van der Waals surface area contributed by atoms with E-state index in [1.807, 2.05) is 0 Å². The zero-order valence-corrected chi connectivity index (χ0v) is 21.3. The predicted octanol–water partition coefficient (Wildman–Crippen LogP) is 9.52. The van der Waals surface area contributed by atoms with E-state index in [0.717, 1.165) is 0 Å². The lowest BCUT2D eigenvalue weighted by molar-refractivity contribution is 0.642. The summed E-state index contributed by atoms with van der Waals surface area (Å²) >= 11 is 0. The Hall–Kier alpha value is -4.10. The quantitative estimate of drug-likeness (QED) is 0.233. The summed E-state index contributed by atoms with van der Waals surface area (Å²) in [6.07, 6.45) is 6.25. The van der Waals surface area contributed by atoms with Gasteiger partial charge in [0.05, 0.1) is 0 Å². The van der Waals surface area contributed by atoms with Crippen molar-refractivity contribution in [3.63, 3.8) is 0 Å². The number of benzene rings is 5. The van der Waals surface area contributed by atoms with Crippen LogP contribution in [0.25, 0.3) is 22.4 Å². The fourth-order valence-corrected chi connectivity index (χ4v) is 6.57. The van der Waals surface area contributed by atoms with E-state index in [9.17, 15) is 0 Å². The van der Waals surface area contributed by atoms with Gasteiger partial charge in [0, 0.05) is 23.3 Å². The number of rotatable bonds is 4. The lowest BCUT2D eigenvalue weighted by atomic mass is 9.90. The Labute approximate surface area is 219 Å². The fourth-order valence-electron chi connectivity index (χ4n) is 6.57. The number of fused-ring (bicyclic) bond motifs is 4. The summed E-state index contributed by atoms with van der Waals surface area (Å²) in [5.41, 5.74) is 10.6. The second kappa shape index (κ2) is 9.09. The third-order valence-corrected chi connectivity index (χ3v) is 8.31. The Kier molecular flexibility index (Phi) is 5.43. The second-order valence-electron chi connectivity index (χ2n) is 10.6. The van der Waals surface area contributed by atoms with Crippen LogP contribution in [0.5, 0.6) is 0 Å². The van der Waals surface area contributed by atoms with E-state index in [2.05, 4.69) is 133 Å². The molecule has 2 atom stereocenters. The van der Waals surface area contributed by atoms with Crippen LogP contribution in [0.1, 0.15) is 53.0 Å². The third-order valence-electron chi connectivity index (χ3n) is 8.31. The molecule has 7 rings (SSSR count). The van der Waals surface area contributed by atoms with Crippen LogP contribution in [0, 0.1) is 6.92 Å². The molecule has 1 heterocycles. The maximum Gasteiger partial charge on any atom is 0.0450 e. The van der Waals surface area contributed by atoms with Gasteiger partial charge in [-0.05, 0) is 88.7 Å². The van der Waals surface area contributed by atoms with E-state index < -0.39 is 0 Å². The van der Waals surface area contributed by atoms with Crippen molar-refractivity contribution in [1.29, 1.82) is 0 Å². The highest BCUT2D eigenvalue weighted by Gasteiger charge is 2.42. The molecule has 0 radical (unpaired) electrons. The summed E-state index contributed by atoms with van der Waals surface area (Å²) in [4.78, 5) is 2.61. The molecule has 1 fully saturated rings. The molecular formula is C36H31N. The molecule has 5 aromatic rings. The number of hydrogen-bond acceptors (Lipinski definition) is 1. The smallest absolute Gasteiger partial charge is 0.0450 e. The Morgan fingerprint density at radius 1 is 0.757 bits per heavy atom. The molecule has 0 N–H and O–H groups in total. The number of anilines is 2. The highest BCUT2D eigenvalue weighted by molar-refractivity contribution is 6.02. The van der Waals surface area contributed by atoms with Gasteiger partial charge in [-0.25, -0.2) is 0 Å². The zero-order valence-electron chi connectivity index (χ0n) is 21.3. The fraction of sp³-hybridized carbons (Fsp3) is 0.167. The lowest BCUT2D eigenvalue weighted by Crippen LogP contribution is -2.26. The first-order valence-corrected chi connectivity index (χ1v) is 13.5. The van der Waals surface area contributed by atoms with E-state index in [1.165, 1.54) is 74.8 Å². The van der Waals surface area contributed by atoms with Crippen molar-refractivity contribution in [1.82, 2.24) is 0 Å². The van der Waals surface area contributed by atoms with Gasteiger partial charge in [0.2, 0.25) is 0 Å². The summed E-state index contributed by atoms with van der Waals surface area (Å²) in [7, 11) is 0. The third kappa shape index (κ3) is 3.86. The molecule has 1 nitrogen and oxygen atoms in total. The summed E-state index contributed by atoms with van der Waals surface area (Å²) in [6.45, 7) is 2.17. The largest absolute Gasteiger partial charge is 0.338 e. The highest BCUT2D eigenvalue weighted by atomic mass is 15.2. The molecule has 2 unspecified atom stereocenters. The highest BCUT2D eigenvalue weighted by Crippen LogP contribution is 2.52. The van der Waals surface area contributed by atoms with Gasteiger partial charge in [0.25, 0.3) is 0 Å². The van der Waals surface area contributed by atoms with Crippen molar-refractivity contribution in [3.8, 4) is 0 Å². The molecule has 0 amide bonds. The molecule has 0 aromatic heterocycles. The van der Waals surface area contributed by atoms with Crippen LogP contribution < -0.4 is 4.90 Å². The minimum Gasteiger partial charge on any atom is -0.338 e. The van der Waals surface area contributed by atoms with Crippen LogP contribution in [-0.2, 0) is 0 Å². The molecule has 1 saturated carbocycles. The molecule has 0 saturated heterocycles. The molecule has 37 heavy (non-hydrogen) atoms. The average Bonchev–Trinajstić information content (AvgIpc) is 3.54. The first-order valence-electron chi connectivity index (χ1n) is 13.5. The summed E-state index contributed by atoms with van der Waals surface area (Å²) in [5, 5.41) is 2.57. The minimum absolute atomic E-state index is 0.573. The maximum absolute atomic E-state index is 2.61. The van der Waals surface area contributed by atoms with Gasteiger partial charge in [-0.2, -0.15) is 0 Å². The van der Waals surface area contributed by atoms with E-state index >= 15 is 0 Å². The van der Waals surface area contributed by atoms with Crippen molar-refractivity contribution in [3.05, 3.63) is 143 Å². The monoisotopic (exact) mass is 477 g/mol. The van der Waals surface area contributed by atoms with Gasteiger partial charge in [0.1, 0.15) is 0 Å². The van der Waals surface area contributed by atoms with Crippen molar-refractivity contribution in [2.75, 3.05) is 4.90 Å². The van der Waals surface area contributed by atoms with Crippen molar-refractivity contribution in [2.45, 2.75) is 38.1 Å². The number of nitrogens with zero attached hydrogens (tertiary/aromatic N) is 1. The molecule has 1 heteroatoms. The molecule has 0 spiro atoms. The van der Waals surface area contributed by atoms with Crippen molar-refractivity contribution >= 4 is 33.8 Å². The molecule has 0 bridgehead atoms. The summed E-state index contributed by atoms with van der Waals surface area (Å²) in [6, 6.07) is 43.0. The molecule has 180 valence electrons. The van der Waals surface area contributed by atoms with Gasteiger partial charge in [0.15, 0.2) is 0 Å². The van der Waals surface area contributed by atoms with Crippen LogP contribution in [0.15, 0.2) is 115 Å². The van der Waals surface area contributed by atoms with Crippen LogP contribution in [0.3, 0.4) is 0 Å². The first-order chi connectivity index (χ1) is 18.3. The molecule has 2 aliphatic rings. The maximum atomic E-state index is 2.61. The van der Waals surface area contributed by atoms with Crippen molar-refractivity contribution in [2.24, 2.45) is 0 Å². The topological polar surface area (TPSA) is 3.24 Å². The van der Waals surface area contributed by atoms with Gasteiger partial charge < -0.3 is 4.90 Å². The van der Waals surface area contributed by atoms with Crippen LogP contribution in [0.2, 0.25) is 0 Å². The van der Waals surface area contributed by atoms with Gasteiger partial charge >= 0.3 is 0 Å². The standard InChI is InChI=1S/C36H31N/c1-25-17-20-29(21-18-25)37-35-16-8-15-32(35)34-24-26(19-22-36(34)37)23-33(28-9-3-2-4-10-28)31-14-7-12-27-11-5-6-13-30(27)31/h2-7,9-14,17-24,32,35H,8,15-16H2,1H3/b33-23+. The van der Waals surface area contributed by atoms with Crippen LogP contribution in [-0.4, -0.2) is 6.04 Å². The van der Waals surface area contributed by atoms with Crippen molar-refractivity contribution < 1.29 is 0 Å². The van der Waals surface area contributed by atoms with Gasteiger partial charge in [-0.1, -0.05) is 103 Å². The van der Waals surface area contributed by atoms with Crippen LogP contribution in [0.4, 0.5) is 11.4 Å². The molecule has 5 aromatic carbocycles. The van der Waals surface area contributed by atoms with Gasteiger partial charge in [-0.3, -0.25) is 0 Å². The Morgan fingerprint density at radius 3 is 2.41 bits per heavy atom. The first kappa shape index (κ1) is 22.1. The SMILES string of the molecule is Cc1ccc(N2c3ccc(/C=C(\c4ccccc4)c4cccc5ccccc45)cc3C3CCCC32)cc1. The number of aryl methyl sites for hydroxylation is 1. The summed E-state index contributed by atoms with van der Waals surface area (Å²) in [5.74, 6) is 0.613. The molecule has 1 aliphatic carbocycles.